The van der Waals surface area contributed by atoms with Gasteiger partial charge in [-0.3, -0.25) is 0 Å². The third kappa shape index (κ3) is 4.45. The van der Waals surface area contributed by atoms with Crippen LogP contribution in [0.5, 0.6) is 0 Å². The molecule has 0 spiro atoms. The summed E-state index contributed by atoms with van der Waals surface area (Å²) in [6.45, 7) is 2.70. The van der Waals surface area contributed by atoms with Gasteiger partial charge in [-0.05, 0) is 24.7 Å². The van der Waals surface area contributed by atoms with Gasteiger partial charge in [0, 0.05) is 6.61 Å². The van der Waals surface area contributed by atoms with Gasteiger partial charge < -0.3 is 5.11 Å². The maximum absolute atomic E-state index is 9.13. The lowest BCUT2D eigenvalue weighted by atomic mass is 9.98. The minimum absolute atomic E-state index is 0.392. The van der Waals surface area contributed by atoms with Crippen LogP contribution in [-0.4, -0.2) is 11.7 Å². The van der Waals surface area contributed by atoms with Crippen LogP contribution in [0.4, 0.5) is 0 Å². The zero-order chi connectivity index (χ0) is 10.3. The first-order valence-corrected chi connectivity index (χ1v) is 6.44. The summed E-state index contributed by atoms with van der Waals surface area (Å²) in [7, 11) is 0. The van der Waals surface area contributed by atoms with E-state index in [1.54, 1.807) is 0 Å². The van der Waals surface area contributed by atoms with Crippen LogP contribution in [0.25, 0.3) is 0 Å². The normalized spacial score (nSPS) is 18.4. The number of aliphatic hydroxyl groups excluding tert-OH is 1. The van der Waals surface area contributed by atoms with Crippen molar-refractivity contribution in [3.05, 3.63) is 0 Å². The van der Waals surface area contributed by atoms with E-state index in [1.165, 1.54) is 64.2 Å². The molecule has 14 heavy (non-hydrogen) atoms. The highest BCUT2D eigenvalue weighted by molar-refractivity contribution is 4.91. The van der Waals surface area contributed by atoms with Crippen LogP contribution < -0.4 is 0 Å². The largest absolute Gasteiger partial charge is 0.396 e. The summed E-state index contributed by atoms with van der Waals surface area (Å²) in [5, 5.41) is 9.13. The second-order valence-corrected chi connectivity index (χ2v) is 5.03. The molecule has 1 aliphatic carbocycles. The van der Waals surface area contributed by atoms with Crippen LogP contribution >= 0.6 is 0 Å². The number of hydrogen-bond acceptors (Lipinski definition) is 1. The molecule has 84 valence electrons. The Morgan fingerprint density at radius 1 is 0.929 bits per heavy atom. The van der Waals surface area contributed by atoms with Crippen molar-refractivity contribution in [2.45, 2.75) is 71.1 Å². The first kappa shape index (κ1) is 12.0. The summed E-state index contributed by atoms with van der Waals surface area (Å²) < 4.78 is 0. The molecule has 1 rings (SSSR count). The SMILES string of the molecule is CCCCCCCCCC1(CO)CC1. The molecular formula is C13H26O. The maximum Gasteiger partial charge on any atom is 0.0487 e. The summed E-state index contributed by atoms with van der Waals surface area (Å²) in [4.78, 5) is 0. The molecule has 0 heterocycles. The fraction of sp³-hybridized carbons (Fsp3) is 1.00. The molecule has 0 bridgehead atoms. The first-order valence-electron chi connectivity index (χ1n) is 6.44. The van der Waals surface area contributed by atoms with Crippen molar-refractivity contribution in [1.29, 1.82) is 0 Å². The smallest absolute Gasteiger partial charge is 0.0487 e. The van der Waals surface area contributed by atoms with Gasteiger partial charge in [0.25, 0.3) is 0 Å². The summed E-state index contributed by atoms with van der Waals surface area (Å²) in [5.74, 6) is 0. The van der Waals surface area contributed by atoms with Gasteiger partial charge in [-0.25, -0.2) is 0 Å². The zero-order valence-corrected chi connectivity index (χ0v) is 9.73. The Labute approximate surface area is 88.9 Å². The van der Waals surface area contributed by atoms with E-state index in [-0.39, 0.29) is 0 Å². The molecule has 1 saturated carbocycles. The number of rotatable bonds is 9. The minimum Gasteiger partial charge on any atom is -0.396 e. The Hall–Kier alpha value is -0.0400. The molecule has 0 radical (unpaired) electrons. The predicted octanol–water partition coefficient (Wildman–Crippen LogP) is 3.90. The Kier molecular flexibility index (Phi) is 5.54. The monoisotopic (exact) mass is 198 g/mol. The highest BCUT2D eigenvalue weighted by atomic mass is 16.3. The van der Waals surface area contributed by atoms with Crippen LogP contribution in [0.2, 0.25) is 0 Å². The minimum atomic E-state index is 0.392. The van der Waals surface area contributed by atoms with E-state index in [4.69, 9.17) is 5.11 Å². The lowest BCUT2D eigenvalue weighted by Crippen LogP contribution is -2.05. The molecule has 0 unspecified atom stereocenters. The van der Waals surface area contributed by atoms with Gasteiger partial charge in [0.1, 0.15) is 0 Å². The van der Waals surface area contributed by atoms with Gasteiger partial charge in [0.2, 0.25) is 0 Å². The van der Waals surface area contributed by atoms with Crippen LogP contribution in [-0.2, 0) is 0 Å². The average molecular weight is 198 g/mol. The predicted molar refractivity (Wildman–Crippen MR) is 61.4 cm³/mol. The fourth-order valence-corrected chi connectivity index (χ4v) is 2.12. The topological polar surface area (TPSA) is 20.2 Å². The van der Waals surface area contributed by atoms with Gasteiger partial charge in [0.05, 0.1) is 0 Å². The summed E-state index contributed by atoms with van der Waals surface area (Å²) >= 11 is 0. The fourth-order valence-electron chi connectivity index (χ4n) is 2.12. The van der Waals surface area contributed by atoms with Crippen molar-refractivity contribution in [1.82, 2.24) is 0 Å². The zero-order valence-electron chi connectivity index (χ0n) is 9.73. The summed E-state index contributed by atoms with van der Waals surface area (Å²) in [6, 6.07) is 0. The number of aliphatic hydroxyl groups is 1. The molecule has 0 atom stereocenters. The third-order valence-corrected chi connectivity index (χ3v) is 3.60. The van der Waals surface area contributed by atoms with E-state index in [9.17, 15) is 0 Å². The van der Waals surface area contributed by atoms with Crippen molar-refractivity contribution < 1.29 is 5.11 Å². The molecule has 1 nitrogen and oxygen atoms in total. The van der Waals surface area contributed by atoms with E-state index in [0.717, 1.165) is 0 Å². The van der Waals surface area contributed by atoms with Crippen LogP contribution in [0.3, 0.4) is 0 Å². The molecule has 1 heteroatoms. The lowest BCUT2D eigenvalue weighted by molar-refractivity contribution is 0.200. The molecule has 0 aromatic rings. The molecule has 0 saturated heterocycles. The van der Waals surface area contributed by atoms with Gasteiger partial charge in [0.15, 0.2) is 0 Å². The van der Waals surface area contributed by atoms with Crippen LogP contribution in [0.1, 0.15) is 71.1 Å². The van der Waals surface area contributed by atoms with Crippen LogP contribution in [0.15, 0.2) is 0 Å². The van der Waals surface area contributed by atoms with E-state index in [2.05, 4.69) is 6.92 Å². The molecular weight excluding hydrogens is 172 g/mol. The van der Waals surface area contributed by atoms with Gasteiger partial charge in [-0.1, -0.05) is 51.9 Å². The van der Waals surface area contributed by atoms with Gasteiger partial charge in [-0.2, -0.15) is 0 Å². The Balaban J connectivity index is 1.80. The standard InChI is InChI=1S/C13H26O/c1-2-3-4-5-6-7-8-9-13(12-14)10-11-13/h14H,2-12H2,1H3. The second-order valence-electron chi connectivity index (χ2n) is 5.03. The quantitative estimate of drug-likeness (QED) is 0.557. The van der Waals surface area contributed by atoms with Crippen molar-refractivity contribution >= 4 is 0 Å². The summed E-state index contributed by atoms with van der Waals surface area (Å²) in [6.07, 6.45) is 13.5. The average Bonchev–Trinajstić information content (AvgIpc) is 2.98. The number of hydrogen-bond donors (Lipinski definition) is 1. The highest BCUT2D eigenvalue weighted by Gasteiger charge is 2.40. The molecule has 1 N–H and O–H groups in total. The van der Waals surface area contributed by atoms with Gasteiger partial charge >= 0.3 is 0 Å². The van der Waals surface area contributed by atoms with Crippen molar-refractivity contribution in [3.63, 3.8) is 0 Å². The van der Waals surface area contributed by atoms with E-state index in [1.807, 2.05) is 0 Å². The molecule has 0 aromatic carbocycles. The second kappa shape index (κ2) is 6.44. The van der Waals surface area contributed by atoms with E-state index >= 15 is 0 Å². The summed E-state index contributed by atoms with van der Waals surface area (Å²) in [5.41, 5.74) is 0.392. The van der Waals surface area contributed by atoms with E-state index < -0.39 is 0 Å². The van der Waals surface area contributed by atoms with Crippen LogP contribution in [0, 0.1) is 5.41 Å². The Morgan fingerprint density at radius 2 is 1.50 bits per heavy atom. The number of unbranched alkanes of at least 4 members (excludes halogenated alkanes) is 6. The van der Waals surface area contributed by atoms with Crippen molar-refractivity contribution in [2.75, 3.05) is 6.61 Å². The molecule has 1 fully saturated rings. The maximum atomic E-state index is 9.13. The first-order chi connectivity index (χ1) is 6.83. The lowest BCUT2D eigenvalue weighted by Gasteiger charge is -2.10. The van der Waals surface area contributed by atoms with Crippen molar-refractivity contribution in [3.8, 4) is 0 Å². The third-order valence-electron chi connectivity index (χ3n) is 3.60. The van der Waals surface area contributed by atoms with Crippen molar-refractivity contribution in [2.24, 2.45) is 5.41 Å². The highest BCUT2D eigenvalue weighted by Crippen LogP contribution is 2.49. The Morgan fingerprint density at radius 3 is 2.00 bits per heavy atom. The van der Waals surface area contributed by atoms with E-state index in [0.29, 0.717) is 12.0 Å². The molecule has 0 amide bonds. The Bertz CT molecular complexity index is 138. The molecule has 0 aliphatic heterocycles. The van der Waals surface area contributed by atoms with Gasteiger partial charge in [-0.15, -0.1) is 0 Å². The molecule has 0 aromatic heterocycles. The molecule has 1 aliphatic rings.